The maximum atomic E-state index is 10.3. The molecule has 1 aromatic heterocycles. The van der Waals surface area contributed by atoms with Crippen molar-refractivity contribution in [3.63, 3.8) is 0 Å². The highest BCUT2D eigenvalue weighted by Crippen LogP contribution is 1.96. The second-order valence-electron chi connectivity index (χ2n) is 1.82. The molecule has 1 N–H and O–H groups in total. The largest absolute Gasteiger partial charge is 0.477 e. The van der Waals surface area contributed by atoms with Crippen molar-refractivity contribution in [3.8, 4) is 0 Å². The molecular weight excluding hydrogens is 146 g/mol. The van der Waals surface area contributed by atoms with Crippen LogP contribution in [0.25, 0.3) is 0 Å². The van der Waals surface area contributed by atoms with Crippen LogP contribution in [0.15, 0.2) is 18.2 Å². The van der Waals surface area contributed by atoms with E-state index in [1.807, 2.05) is 0 Å². The van der Waals surface area contributed by atoms with Crippen molar-refractivity contribution >= 4 is 12.3 Å². The Morgan fingerprint density at radius 1 is 1.55 bits per heavy atom. The van der Waals surface area contributed by atoms with E-state index < -0.39 is 5.97 Å². The van der Waals surface area contributed by atoms with Crippen LogP contribution in [0.3, 0.4) is 0 Å². The van der Waals surface area contributed by atoms with Crippen LogP contribution in [0, 0.1) is 0 Å². The van der Waals surface area contributed by atoms with Crippen LogP contribution in [-0.2, 0) is 4.79 Å². The van der Waals surface area contributed by atoms with Gasteiger partial charge in [-0.1, -0.05) is 6.07 Å². The highest BCUT2D eigenvalue weighted by Gasteiger charge is 2.03. The summed E-state index contributed by atoms with van der Waals surface area (Å²) >= 11 is 0. The zero-order chi connectivity index (χ0) is 8.27. The molecule has 11 heavy (non-hydrogen) atoms. The number of aromatic nitrogens is 1. The van der Waals surface area contributed by atoms with Crippen LogP contribution in [0.2, 0.25) is 0 Å². The Balaban J connectivity index is 3.10. The third-order valence-corrected chi connectivity index (χ3v) is 1.07. The SMILES string of the molecule is O=[C]c1cccc(C(=O)O)n1. The van der Waals surface area contributed by atoms with E-state index in [0.29, 0.717) is 0 Å². The summed E-state index contributed by atoms with van der Waals surface area (Å²) in [5.41, 5.74) is -0.143. The van der Waals surface area contributed by atoms with Gasteiger partial charge in [0.15, 0.2) is 0 Å². The van der Waals surface area contributed by atoms with Gasteiger partial charge in [0.2, 0.25) is 0 Å². The van der Waals surface area contributed by atoms with Crippen molar-refractivity contribution in [2.24, 2.45) is 0 Å². The highest BCUT2D eigenvalue weighted by atomic mass is 16.4. The van der Waals surface area contributed by atoms with Crippen LogP contribution < -0.4 is 0 Å². The summed E-state index contributed by atoms with van der Waals surface area (Å²) in [6, 6.07) is 4.14. The number of hydrogen-bond acceptors (Lipinski definition) is 3. The third kappa shape index (κ3) is 1.61. The molecule has 0 aliphatic rings. The number of aromatic carboxylic acids is 1. The van der Waals surface area contributed by atoms with Crippen molar-refractivity contribution < 1.29 is 14.7 Å². The fraction of sp³-hybridized carbons (Fsp3) is 0. The lowest BCUT2D eigenvalue weighted by atomic mass is 10.3. The highest BCUT2D eigenvalue weighted by molar-refractivity contribution is 5.86. The van der Waals surface area contributed by atoms with E-state index in [1.165, 1.54) is 24.5 Å². The molecule has 0 spiro atoms. The van der Waals surface area contributed by atoms with Crippen molar-refractivity contribution in [3.05, 3.63) is 29.6 Å². The molecule has 0 unspecified atom stereocenters. The fourth-order valence-electron chi connectivity index (χ4n) is 0.611. The molecule has 4 heteroatoms. The van der Waals surface area contributed by atoms with Gasteiger partial charge < -0.3 is 5.11 Å². The smallest absolute Gasteiger partial charge is 0.354 e. The lowest BCUT2D eigenvalue weighted by Gasteiger charge is -1.91. The molecular formula is C7H4NO3. The van der Waals surface area contributed by atoms with Gasteiger partial charge in [-0.3, -0.25) is 4.79 Å². The summed E-state index contributed by atoms with van der Waals surface area (Å²) in [5.74, 6) is -1.15. The predicted molar refractivity (Wildman–Crippen MR) is 36.0 cm³/mol. The van der Waals surface area contributed by atoms with Gasteiger partial charge in [-0.2, -0.15) is 0 Å². The van der Waals surface area contributed by atoms with E-state index in [-0.39, 0.29) is 11.4 Å². The fourth-order valence-corrected chi connectivity index (χ4v) is 0.611. The Morgan fingerprint density at radius 2 is 2.27 bits per heavy atom. The summed E-state index contributed by atoms with van der Waals surface area (Å²) in [6.07, 6.45) is 1.50. The van der Waals surface area contributed by atoms with Gasteiger partial charge >= 0.3 is 5.97 Å². The molecule has 0 bridgehead atoms. The first-order valence-corrected chi connectivity index (χ1v) is 2.82. The number of carboxylic acids is 1. The van der Waals surface area contributed by atoms with E-state index in [2.05, 4.69) is 4.98 Å². The van der Waals surface area contributed by atoms with Crippen molar-refractivity contribution in [2.45, 2.75) is 0 Å². The molecule has 4 nitrogen and oxygen atoms in total. The molecule has 1 heterocycles. The molecule has 0 aliphatic carbocycles. The van der Waals surface area contributed by atoms with E-state index >= 15 is 0 Å². The van der Waals surface area contributed by atoms with Gasteiger partial charge in [0.05, 0.1) is 0 Å². The summed E-state index contributed by atoms with van der Waals surface area (Å²) in [7, 11) is 0. The average Bonchev–Trinajstić information content (AvgIpc) is 2.05. The number of carbonyl (C=O) groups excluding carboxylic acids is 1. The first-order valence-electron chi connectivity index (χ1n) is 2.82. The topological polar surface area (TPSA) is 67.3 Å². The van der Waals surface area contributed by atoms with Crippen molar-refractivity contribution in [2.75, 3.05) is 0 Å². The predicted octanol–water partition coefficient (Wildman–Crippen LogP) is 0.238. The Labute approximate surface area is 62.5 Å². The summed E-state index contributed by atoms with van der Waals surface area (Å²) in [6.45, 7) is 0. The minimum Gasteiger partial charge on any atom is -0.477 e. The monoisotopic (exact) mass is 150 g/mol. The Hall–Kier alpha value is -1.71. The van der Waals surface area contributed by atoms with E-state index in [0.717, 1.165) is 0 Å². The Bertz CT molecular complexity index is 295. The first-order chi connectivity index (χ1) is 5.24. The van der Waals surface area contributed by atoms with E-state index in [1.54, 1.807) is 0 Å². The summed E-state index contributed by atoms with van der Waals surface area (Å²) in [4.78, 5) is 23.7. The normalized spacial score (nSPS) is 9.09. The van der Waals surface area contributed by atoms with Gasteiger partial charge in [-0.25, -0.2) is 9.78 Å². The van der Waals surface area contributed by atoms with Crippen LogP contribution in [0.5, 0.6) is 0 Å². The molecule has 0 saturated heterocycles. The number of carboxylic acid groups (broad SMARTS) is 1. The van der Waals surface area contributed by atoms with Crippen LogP contribution in [0.4, 0.5) is 0 Å². The molecule has 1 rings (SSSR count). The zero-order valence-electron chi connectivity index (χ0n) is 5.44. The Morgan fingerprint density at radius 3 is 2.82 bits per heavy atom. The van der Waals surface area contributed by atoms with Gasteiger partial charge in [0, 0.05) is 0 Å². The molecule has 0 saturated carbocycles. The number of pyridine rings is 1. The lowest BCUT2D eigenvalue weighted by molar-refractivity contribution is 0.0690. The number of nitrogens with zero attached hydrogens (tertiary/aromatic N) is 1. The standard InChI is InChI=1S/C7H4NO3/c9-4-5-2-1-3-6(8-5)7(10)11/h1-3H,(H,10,11). The van der Waals surface area contributed by atoms with Gasteiger partial charge in [0.25, 0.3) is 6.29 Å². The lowest BCUT2D eigenvalue weighted by Crippen LogP contribution is -2.01. The van der Waals surface area contributed by atoms with E-state index in [4.69, 9.17) is 5.11 Å². The molecule has 0 aliphatic heterocycles. The van der Waals surface area contributed by atoms with Gasteiger partial charge in [0.1, 0.15) is 11.4 Å². The summed E-state index contributed by atoms with van der Waals surface area (Å²) < 4.78 is 0. The number of hydrogen-bond donors (Lipinski definition) is 1. The van der Waals surface area contributed by atoms with Gasteiger partial charge in [-0.05, 0) is 12.1 Å². The second-order valence-corrected chi connectivity index (χ2v) is 1.82. The van der Waals surface area contributed by atoms with Crippen molar-refractivity contribution in [1.29, 1.82) is 0 Å². The minimum absolute atomic E-state index is 0.00454. The molecule has 0 amide bonds. The number of carbonyl (C=O) groups is 1. The maximum absolute atomic E-state index is 10.3. The van der Waals surface area contributed by atoms with Crippen molar-refractivity contribution in [1.82, 2.24) is 4.98 Å². The molecule has 1 radical (unpaired) electrons. The molecule has 55 valence electrons. The van der Waals surface area contributed by atoms with Gasteiger partial charge in [-0.15, -0.1) is 0 Å². The first kappa shape index (κ1) is 7.40. The Kier molecular flexibility index (Phi) is 1.96. The van der Waals surface area contributed by atoms with Crippen LogP contribution in [-0.4, -0.2) is 22.3 Å². The quantitative estimate of drug-likeness (QED) is 0.655. The zero-order valence-corrected chi connectivity index (χ0v) is 5.44. The van der Waals surface area contributed by atoms with Crippen LogP contribution >= 0.6 is 0 Å². The average molecular weight is 150 g/mol. The summed E-state index contributed by atoms with van der Waals surface area (Å²) in [5, 5.41) is 8.41. The molecule has 0 atom stereocenters. The minimum atomic E-state index is -1.15. The molecule has 1 aromatic rings. The molecule has 0 aromatic carbocycles. The van der Waals surface area contributed by atoms with E-state index in [9.17, 15) is 9.59 Å². The second kappa shape index (κ2) is 2.92. The number of rotatable bonds is 2. The maximum Gasteiger partial charge on any atom is 0.354 e. The third-order valence-electron chi connectivity index (χ3n) is 1.07. The molecule has 0 fully saturated rings. The van der Waals surface area contributed by atoms with Crippen LogP contribution in [0.1, 0.15) is 16.2 Å².